The van der Waals surface area contributed by atoms with Gasteiger partial charge in [0.05, 0.1) is 19.3 Å². The first-order valence-electron chi connectivity index (χ1n) is 13.7. The van der Waals surface area contributed by atoms with Crippen molar-refractivity contribution in [3.63, 3.8) is 0 Å². The fourth-order valence-corrected chi connectivity index (χ4v) is 9.18. The quantitative estimate of drug-likeness (QED) is 0.470. The molecule has 2 saturated carbocycles. The van der Waals surface area contributed by atoms with Crippen LogP contribution in [0.1, 0.15) is 92.9 Å². The number of rotatable bonds is 6. The van der Waals surface area contributed by atoms with Gasteiger partial charge in [-0.15, -0.1) is 0 Å². The molecule has 0 bridgehead atoms. The molecule has 35 heavy (non-hydrogen) atoms. The fourth-order valence-electron chi connectivity index (χ4n) is 9.18. The summed E-state index contributed by atoms with van der Waals surface area (Å²) < 4.78 is 0. The molecule has 5 heteroatoms. The van der Waals surface area contributed by atoms with Crippen molar-refractivity contribution in [2.45, 2.75) is 99.0 Å². The highest BCUT2D eigenvalue weighted by atomic mass is 16.3. The Labute approximate surface area is 211 Å². The minimum absolute atomic E-state index is 0.129. The van der Waals surface area contributed by atoms with E-state index in [0.29, 0.717) is 36.5 Å². The zero-order valence-corrected chi connectivity index (χ0v) is 22.6. The van der Waals surface area contributed by atoms with Gasteiger partial charge in [-0.3, -0.25) is 9.59 Å². The molecule has 0 saturated heterocycles. The normalized spacial score (nSPS) is 41.2. The lowest BCUT2D eigenvalue weighted by Crippen LogP contribution is -2.57. The van der Waals surface area contributed by atoms with E-state index in [4.69, 9.17) is 0 Å². The van der Waals surface area contributed by atoms with E-state index in [1.165, 1.54) is 5.57 Å². The number of allylic oxidation sites excluding steroid dienone is 2. The number of aliphatic hydroxyl groups is 3. The summed E-state index contributed by atoms with van der Waals surface area (Å²) in [5.74, 6) is 1.25. The Morgan fingerprint density at radius 2 is 1.74 bits per heavy atom. The van der Waals surface area contributed by atoms with Crippen LogP contribution in [-0.2, 0) is 9.59 Å². The van der Waals surface area contributed by atoms with Gasteiger partial charge in [0.25, 0.3) is 0 Å². The van der Waals surface area contributed by atoms with Crippen LogP contribution in [0.3, 0.4) is 0 Å². The van der Waals surface area contributed by atoms with E-state index in [0.717, 1.165) is 37.7 Å². The average Bonchev–Trinajstić information content (AvgIpc) is 3.00. The van der Waals surface area contributed by atoms with Crippen LogP contribution in [-0.4, -0.2) is 46.2 Å². The predicted molar refractivity (Wildman–Crippen MR) is 136 cm³/mol. The monoisotopic (exact) mass is 486 g/mol. The number of carbonyl (C=O) groups is 2. The van der Waals surface area contributed by atoms with Gasteiger partial charge in [-0.25, -0.2) is 0 Å². The Balaban J connectivity index is 1.70. The molecule has 0 aromatic carbocycles. The molecule has 7 atom stereocenters. The van der Waals surface area contributed by atoms with Gasteiger partial charge in [0.15, 0.2) is 5.78 Å². The highest BCUT2D eigenvalue weighted by Gasteiger charge is 2.68. The molecule has 4 rings (SSSR count). The Bertz CT molecular complexity index is 954. The van der Waals surface area contributed by atoms with Gasteiger partial charge in [0, 0.05) is 34.7 Å². The topological polar surface area (TPSA) is 94.8 Å². The average molecular weight is 487 g/mol. The molecule has 4 aliphatic carbocycles. The summed E-state index contributed by atoms with van der Waals surface area (Å²) in [5.41, 5.74) is 1.31. The molecule has 4 aliphatic rings. The van der Waals surface area contributed by atoms with E-state index < -0.39 is 16.9 Å². The molecule has 196 valence electrons. The van der Waals surface area contributed by atoms with Gasteiger partial charge in [-0.2, -0.15) is 0 Å². The number of Topliss-reactive ketones (excluding diaryl/α,β-unsaturated/α-hetero) is 2. The van der Waals surface area contributed by atoms with Crippen LogP contribution in [0.4, 0.5) is 0 Å². The zero-order valence-electron chi connectivity index (χ0n) is 22.6. The van der Waals surface area contributed by atoms with Gasteiger partial charge in [-0.1, -0.05) is 53.2 Å². The highest BCUT2D eigenvalue weighted by Crippen LogP contribution is 2.71. The highest BCUT2D eigenvalue weighted by molar-refractivity contribution is 6.00. The number of hydrogen-bond donors (Lipinski definition) is 3. The predicted octanol–water partition coefficient (Wildman–Crippen LogP) is 4.78. The lowest BCUT2D eigenvalue weighted by Gasteiger charge is -2.60. The number of ketones is 2. The maximum atomic E-state index is 14.0. The second-order valence-corrected chi connectivity index (χ2v) is 13.3. The molecule has 2 fully saturated rings. The molecule has 3 N–H and O–H groups in total. The second-order valence-electron chi connectivity index (χ2n) is 13.3. The lowest BCUT2D eigenvalue weighted by molar-refractivity contribution is -0.143. The van der Waals surface area contributed by atoms with E-state index in [1.807, 2.05) is 6.08 Å². The molecular formula is C30H46O5. The van der Waals surface area contributed by atoms with Crippen LogP contribution in [0.2, 0.25) is 0 Å². The third-order valence-corrected chi connectivity index (χ3v) is 11.5. The van der Waals surface area contributed by atoms with Crippen molar-refractivity contribution < 1.29 is 24.9 Å². The van der Waals surface area contributed by atoms with Crippen LogP contribution >= 0.6 is 0 Å². The van der Waals surface area contributed by atoms with Gasteiger partial charge < -0.3 is 15.3 Å². The summed E-state index contributed by atoms with van der Waals surface area (Å²) in [6.45, 7) is 12.8. The lowest BCUT2D eigenvalue weighted by atomic mass is 9.43. The number of carbonyl (C=O) groups excluding carboxylic acids is 2. The van der Waals surface area contributed by atoms with Crippen molar-refractivity contribution in [3.8, 4) is 0 Å². The van der Waals surface area contributed by atoms with E-state index in [1.54, 1.807) is 0 Å². The van der Waals surface area contributed by atoms with E-state index >= 15 is 0 Å². The first kappa shape index (κ1) is 26.8. The molecule has 0 amide bonds. The van der Waals surface area contributed by atoms with Crippen molar-refractivity contribution >= 4 is 11.6 Å². The number of aliphatic hydroxyl groups excluding tert-OH is 3. The third-order valence-electron chi connectivity index (χ3n) is 11.5. The maximum Gasteiger partial charge on any atom is 0.159 e. The SMILES string of the molecule is C[C@H](CCC=C(CO)CO)[C@H]1CC(O)[C@@]2(C)C3=C(C(=O)C[C@]12C)[C@@]1(C)CCC(=O)C(C)(C)[C@@H]1CC3. The van der Waals surface area contributed by atoms with Crippen LogP contribution in [0, 0.1) is 39.4 Å². The standard InChI is InChI=1S/C30H46O5/c1-18(8-7-9-19(16-31)17-32)21-14-25(35)30(6)20-10-11-23-27(2,3)24(34)12-13-28(23,4)26(20)22(33)15-29(21,30)5/h9,18,21,23,25,31-32,35H,7-8,10-17H2,1-6H3/t18-,21-,23+,25?,28+,29-,30-/m1/s1. The van der Waals surface area contributed by atoms with Gasteiger partial charge in [-0.05, 0) is 67.3 Å². The van der Waals surface area contributed by atoms with Gasteiger partial charge in [0.1, 0.15) is 5.78 Å². The van der Waals surface area contributed by atoms with E-state index in [2.05, 4.69) is 41.5 Å². The first-order valence-corrected chi connectivity index (χ1v) is 13.7. The maximum absolute atomic E-state index is 14.0. The second kappa shape index (κ2) is 8.92. The van der Waals surface area contributed by atoms with Crippen molar-refractivity contribution in [1.29, 1.82) is 0 Å². The molecule has 0 spiro atoms. The van der Waals surface area contributed by atoms with Crippen LogP contribution in [0.15, 0.2) is 22.8 Å². The minimum Gasteiger partial charge on any atom is -0.392 e. The summed E-state index contributed by atoms with van der Waals surface area (Å²) in [7, 11) is 0. The van der Waals surface area contributed by atoms with Crippen molar-refractivity contribution in [2.75, 3.05) is 13.2 Å². The molecule has 0 aliphatic heterocycles. The van der Waals surface area contributed by atoms with Crippen LogP contribution < -0.4 is 0 Å². The summed E-state index contributed by atoms with van der Waals surface area (Å²) in [5, 5.41) is 30.3. The fraction of sp³-hybridized carbons (Fsp3) is 0.800. The Hall–Kier alpha value is -1.30. The Morgan fingerprint density at radius 1 is 1.09 bits per heavy atom. The largest absolute Gasteiger partial charge is 0.392 e. The molecule has 5 nitrogen and oxygen atoms in total. The smallest absolute Gasteiger partial charge is 0.159 e. The summed E-state index contributed by atoms with van der Waals surface area (Å²) in [6, 6.07) is 0. The van der Waals surface area contributed by atoms with E-state index in [9.17, 15) is 24.9 Å². The molecule has 0 aromatic rings. The third kappa shape index (κ3) is 3.67. The van der Waals surface area contributed by atoms with Crippen LogP contribution in [0.25, 0.3) is 0 Å². The Kier molecular flexibility index (Phi) is 6.82. The van der Waals surface area contributed by atoms with Crippen molar-refractivity contribution in [2.24, 2.45) is 39.4 Å². The molecular weight excluding hydrogens is 440 g/mol. The van der Waals surface area contributed by atoms with Gasteiger partial charge >= 0.3 is 0 Å². The van der Waals surface area contributed by atoms with E-state index in [-0.39, 0.29) is 41.7 Å². The summed E-state index contributed by atoms with van der Waals surface area (Å²) in [6.07, 6.45) is 7.19. The van der Waals surface area contributed by atoms with Crippen molar-refractivity contribution in [1.82, 2.24) is 0 Å². The number of hydrogen-bond acceptors (Lipinski definition) is 5. The number of fused-ring (bicyclic) bond motifs is 4. The molecule has 0 aromatic heterocycles. The van der Waals surface area contributed by atoms with Gasteiger partial charge in [0.2, 0.25) is 0 Å². The molecule has 0 radical (unpaired) electrons. The molecule has 1 unspecified atom stereocenters. The van der Waals surface area contributed by atoms with Crippen molar-refractivity contribution in [3.05, 3.63) is 22.8 Å². The minimum atomic E-state index is -0.489. The first-order chi connectivity index (χ1) is 16.3. The summed E-state index contributed by atoms with van der Waals surface area (Å²) >= 11 is 0. The van der Waals surface area contributed by atoms with Crippen LogP contribution in [0.5, 0.6) is 0 Å². The Morgan fingerprint density at radius 3 is 2.37 bits per heavy atom. The summed E-state index contributed by atoms with van der Waals surface area (Å²) in [4.78, 5) is 26.9. The zero-order chi connectivity index (χ0) is 26.0. The molecule has 0 heterocycles.